The van der Waals surface area contributed by atoms with Crippen LogP contribution in [0.5, 0.6) is 0 Å². The third kappa shape index (κ3) is 45.0. The molecule has 0 radical (unpaired) electrons. The molecule has 0 bridgehead atoms. The lowest BCUT2D eigenvalue weighted by molar-refractivity contribution is -0.161. The van der Waals surface area contributed by atoms with Crippen molar-refractivity contribution < 1.29 is 37.9 Å². The van der Waals surface area contributed by atoms with Crippen LogP contribution in [0.2, 0.25) is 0 Å². The minimum atomic E-state index is -4.77. The second-order valence-electron chi connectivity index (χ2n) is 15.7. The van der Waals surface area contributed by atoms with Crippen molar-refractivity contribution in [3.05, 3.63) is 36.5 Å². The zero-order valence-electron chi connectivity index (χ0n) is 36.3. The van der Waals surface area contributed by atoms with Gasteiger partial charge in [0.15, 0.2) is 6.10 Å². The molecule has 328 valence electrons. The first-order valence-corrected chi connectivity index (χ1v) is 24.8. The topological polar surface area (TPSA) is 119 Å². The molecular formula is C47H87O8P. The van der Waals surface area contributed by atoms with E-state index in [0.717, 1.165) is 38.5 Å². The molecule has 0 aromatic rings. The molecule has 0 rings (SSSR count). The van der Waals surface area contributed by atoms with Crippen LogP contribution in [-0.2, 0) is 28.2 Å². The van der Waals surface area contributed by atoms with Crippen molar-refractivity contribution in [3.8, 4) is 0 Å². The summed E-state index contributed by atoms with van der Waals surface area (Å²) in [4.78, 5) is 42.9. The smallest absolute Gasteiger partial charge is 0.462 e. The van der Waals surface area contributed by atoms with E-state index in [2.05, 4.69) is 54.8 Å². The molecule has 0 unspecified atom stereocenters. The van der Waals surface area contributed by atoms with Gasteiger partial charge in [0.2, 0.25) is 0 Å². The lowest BCUT2D eigenvalue weighted by atomic mass is 10.0. The Bertz CT molecular complexity index is 1000. The van der Waals surface area contributed by atoms with Gasteiger partial charge in [-0.3, -0.25) is 14.1 Å². The van der Waals surface area contributed by atoms with E-state index in [-0.39, 0.29) is 19.4 Å². The summed E-state index contributed by atoms with van der Waals surface area (Å²) >= 11 is 0. The highest BCUT2D eigenvalue weighted by atomic mass is 31.2. The van der Waals surface area contributed by atoms with Crippen molar-refractivity contribution in [1.29, 1.82) is 0 Å². The molecule has 0 saturated heterocycles. The maximum atomic E-state index is 12.4. The summed E-state index contributed by atoms with van der Waals surface area (Å²) in [5.74, 6) is -0.954. The molecule has 0 amide bonds. The Balaban J connectivity index is 3.88. The van der Waals surface area contributed by atoms with Crippen LogP contribution in [0.15, 0.2) is 36.5 Å². The maximum absolute atomic E-state index is 12.4. The lowest BCUT2D eigenvalue weighted by Crippen LogP contribution is -2.29. The summed E-state index contributed by atoms with van der Waals surface area (Å²) in [6, 6.07) is 0. The number of esters is 2. The molecule has 0 heterocycles. The summed E-state index contributed by atoms with van der Waals surface area (Å²) in [5.41, 5.74) is 0. The Hall–Kier alpha value is -1.73. The number of phosphoric ester groups is 1. The summed E-state index contributed by atoms with van der Waals surface area (Å²) in [7, 11) is -4.77. The fourth-order valence-corrected chi connectivity index (χ4v) is 7.00. The normalized spacial score (nSPS) is 12.7. The molecule has 1 atom stereocenters. The van der Waals surface area contributed by atoms with Crippen LogP contribution in [0.3, 0.4) is 0 Å². The first-order valence-electron chi connectivity index (χ1n) is 23.3. The molecular weight excluding hydrogens is 723 g/mol. The Morgan fingerprint density at radius 3 is 1.25 bits per heavy atom. The van der Waals surface area contributed by atoms with Gasteiger partial charge in [0.1, 0.15) is 6.61 Å². The van der Waals surface area contributed by atoms with E-state index in [0.29, 0.717) is 12.8 Å². The average Bonchev–Trinajstić information content (AvgIpc) is 3.17. The van der Waals surface area contributed by atoms with Gasteiger partial charge in [-0.2, -0.15) is 0 Å². The number of carbonyl (C=O) groups is 2. The molecule has 2 N–H and O–H groups in total. The summed E-state index contributed by atoms with van der Waals surface area (Å²) < 4.78 is 26.4. The number of unbranched alkanes of at least 4 members (excludes halogenated alkanes) is 27. The van der Waals surface area contributed by atoms with Gasteiger partial charge in [-0.15, -0.1) is 0 Å². The third-order valence-electron chi connectivity index (χ3n) is 10.1. The number of rotatable bonds is 43. The molecule has 0 fully saturated rings. The van der Waals surface area contributed by atoms with E-state index >= 15 is 0 Å². The van der Waals surface area contributed by atoms with E-state index in [4.69, 9.17) is 19.3 Å². The number of carbonyl (C=O) groups excluding carboxylic acids is 2. The predicted molar refractivity (Wildman–Crippen MR) is 235 cm³/mol. The molecule has 9 heteroatoms. The van der Waals surface area contributed by atoms with Gasteiger partial charge in [0.05, 0.1) is 6.61 Å². The average molecular weight is 811 g/mol. The van der Waals surface area contributed by atoms with Gasteiger partial charge >= 0.3 is 19.8 Å². The summed E-state index contributed by atoms with van der Waals surface area (Å²) in [5, 5.41) is 0. The fourth-order valence-electron chi connectivity index (χ4n) is 6.64. The number of hydrogen-bond acceptors (Lipinski definition) is 6. The standard InChI is InChI=1S/C47H87O8P/c1-3-5-7-9-11-13-15-17-19-20-21-22-23-24-25-26-28-29-31-33-35-37-39-41-46(48)53-43-45(44-54-56(50,51)52)55-47(49)42-40-38-36-34-32-30-27-18-16-14-12-10-8-6-4-2/h18,27,32-35,45H,3-17,19-26,28-31,36-44H2,1-2H3,(H2,50,51,52)/b27-18+,34-32+,35-33+/t45-/m1/s1. The van der Waals surface area contributed by atoms with Crippen LogP contribution in [0.25, 0.3) is 0 Å². The molecule has 0 saturated carbocycles. The van der Waals surface area contributed by atoms with Gasteiger partial charge in [0.25, 0.3) is 0 Å². The van der Waals surface area contributed by atoms with Crippen molar-refractivity contribution in [2.75, 3.05) is 13.2 Å². The monoisotopic (exact) mass is 811 g/mol. The van der Waals surface area contributed by atoms with Gasteiger partial charge < -0.3 is 19.3 Å². The maximum Gasteiger partial charge on any atom is 0.469 e. The van der Waals surface area contributed by atoms with Crippen LogP contribution < -0.4 is 0 Å². The first kappa shape index (κ1) is 54.3. The SMILES string of the molecule is CCCCCCCC/C=C/C/C=C/CCCCC(=O)O[C@H](COC(=O)CCC/C=C/CCCCCCCCCCCCCCCCCCCC)COP(=O)(O)O. The van der Waals surface area contributed by atoms with Gasteiger partial charge in [0, 0.05) is 12.8 Å². The van der Waals surface area contributed by atoms with E-state index in [9.17, 15) is 14.2 Å². The molecule has 0 aromatic heterocycles. The Morgan fingerprint density at radius 1 is 0.464 bits per heavy atom. The zero-order valence-corrected chi connectivity index (χ0v) is 37.2. The highest BCUT2D eigenvalue weighted by molar-refractivity contribution is 7.46. The molecule has 0 spiro atoms. The van der Waals surface area contributed by atoms with E-state index in [1.54, 1.807) is 0 Å². The van der Waals surface area contributed by atoms with Crippen molar-refractivity contribution in [3.63, 3.8) is 0 Å². The highest BCUT2D eigenvalue weighted by Gasteiger charge is 2.22. The first-order chi connectivity index (χ1) is 27.3. The molecule has 0 aliphatic rings. The second-order valence-corrected chi connectivity index (χ2v) is 17.0. The zero-order chi connectivity index (χ0) is 41.1. The highest BCUT2D eigenvalue weighted by Crippen LogP contribution is 2.36. The summed E-state index contributed by atoms with van der Waals surface area (Å²) in [6.45, 7) is 3.65. The van der Waals surface area contributed by atoms with E-state index in [1.807, 2.05) is 0 Å². The van der Waals surface area contributed by atoms with E-state index in [1.165, 1.54) is 154 Å². The Kier molecular flexibility index (Phi) is 41.5. The predicted octanol–water partition coefficient (Wildman–Crippen LogP) is 14.5. The van der Waals surface area contributed by atoms with Crippen molar-refractivity contribution in [2.45, 2.75) is 238 Å². The Morgan fingerprint density at radius 2 is 0.821 bits per heavy atom. The molecule has 0 aliphatic heterocycles. The van der Waals surface area contributed by atoms with Crippen molar-refractivity contribution in [2.24, 2.45) is 0 Å². The fraction of sp³-hybridized carbons (Fsp3) is 0.830. The number of ether oxygens (including phenoxy) is 2. The van der Waals surface area contributed by atoms with Crippen molar-refractivity contribution >= 4 is 19.8 Å². The van der Waals surface area contributed by atoms with Crippen LogP contribution in [0.1, 0.15) is 232 Å². The minimum Gasteiger partial charge on any atom is -0.462 e. The number of allylic oxidation sites excluding steroid dienone is 6. The summed E-state index contributed by atoms with van der Waals surface area (Å²) in [6.07, 6.45) is 51.8. The molecule has 56 heavy (non-hydrogen) atoms. The minimum absolute atomic E-state index is 0.165. The van der Waals surface area contributed by atoms with Gasteiger partial charge in [-0.25, -0.2) is 4.57 Å². The van der Waals surface area contributed by atoms with Crippen LogP contribution in [0, 0.1) is 0 Å². The lowest BCUT2D eigenvalue weighted by Gasteiger charge is -2.18. The third-order valence-corrected chi connectivity index (χ3v) is 10.6. The molecule has 0 aliphatic carbocycles. The van der Waals surface area contributed by atoms with Crippen LogP contribution in [-0.4, -0.2) is 41.0 Å². The number of hydrogen-bond donors (Lipinski definition) is 2. The molecule has 0 aromatic carbocycles. The Labute approximate surface area is 344 Å². The van der Waals surface area contributed by atoms with Gasteiger partial charge in [-0.05, 0) is 64.2 Å². The number of phosphoric acid groups is 1. The van der Waals surface area contributed by atoms with E-state index < -0.39 is 32.5 Å². The van der Waals surface area contributed by atoms with Crippen LogP contribution >= 0.6 is 7.82 Å². The van der Waals surface area contributed by atoms with Crippen molar-refractivity contribution in [1.82, 2.24) is 0 Å². The molecule has 8 nitrogen and oxygen atoms in total. The quantitative estimate of drug-likeness (QED) is 0.0270. The van der Waals surface area contributed by atoms with Gasteiger partial charge in [-0.1, -0.05) is 192 Å². The van der Waals surface area contributed by atoms with Crippen LogP contribution in [0.4, 0.5) is 0 Å². The second kappa shape index (κ2) is 42.9. The largest absolute Gasteiger partial charge is 0.469 e.